The lowest BCUT2D eigenvalue weighted by Gasteiger charge is -2.10. The number of anilines is 1. The molecule has 2 N–H and O–H groups in total. The molecule has 0 aliphatic carbocycles. The van der Waals surface area contributed by atoms with Gasteiger partial charge < -0.3 is 10.4 Å². The fraction of sp³-hybridized carbons (Fsp3) is 0.143. The Morgan fingerprint density at radius 1 is 1.42 bits per heavy atom. The van der Waals surface area contributed by atoms with E-state index in [1.54, 1.807) is 6.20 Å². The average molecular weight is 260 g/mol. The quantitative estimate of drug-likeness (QED) is 0.887. The van der Waals surface area contributed by atoms with Crippen LogP contribution in [0, 0.1) is 12.7 Å². The molecular weight excluding hydrogens is 247 g/mol. The lowest BCUT2D eigenvalue weighted by molar-refractivity contribution is 0.0697. The molecule has 0 atom stereocenters. The summed E-state index contributed by atoms with van der Waals surface area (Å²) in [7, 11) is 0. The molecule has 4 nitrogen and oxygen atoms in total. The Morgan fingerprint density at radius 2 is 2.21 bits per heavy atom. The van der Waals surface area contributed by atoms with Crippen LogP contribution < -0.4 is 5.32 Å². The maximum atomic E-state index is 13.0. The largest absolute Gasteiger partial charge is 0.478 e. The Labute approximate surface area is 109 Å². The molecule has 0 bridgehead atoms. The molecule has 2 aromatic rings. The van der Waals surface area contributed by atoms with Crippen molar-refractivity contribution in [3.8, 4) is 0 Å². The first-order valence-electron chi connectivity index (χ1n) is 5.75. The fourth-order valence-corrected chi connectivity index (χ4v) is 1.73. The monoisotopic (exact) mass is 260 g/mol. The van der Waals surface area contributed by atoms with Crippen molar-refractivity contribution in [3.63, 3.8) is 0 Å². The molecule has 0 aliphatic rings. The Morgan fingerprint density at radius 3 is 2.89 bits per heavy atom. The second-order valence-electron chi connectivity index (χ2n) is 4.12. The van der Waals surface area contributed by atoms with Crippen LogP contribution >= 0.6 is 0 Å². The number of aryl methyl sites for hydroxylation is 1. The first-order valence-corrected chi connectivity index (χ1v) is 5.75. The molecule has 1 aromatic heterocycles. The number of carboxylic acids is 1. The minimum atomic E-state index is -1.17. The van der Waals surface area contributed by atoms with Crippen LogP contribution in [0.15, 0.2) is 36.5 Å². The molecule has 0 radical (unpaired) electrons. The van der Waals surface area contributed by atoms with Crippen LogP contribution in [0.3, 0.4) is 0 Å². The molecule has 0 saturated heterocycles. The number of nitrogens with one attached hydrogen (secondary N) is 1. The van der Waals surface area contributed by atoms with Gasteiger partial charge >= 0.3 is 5.97 Å². The summed E-state index contributed by atoms with van der Waals surface area (Å²) in [6, 6.07) is 7.39. The van der Waals surface area contributed by atoms with E-state index in [1.807, 2.05) is 19.1 Å². The van der Waals surface area contributed by atoms with Gasteiger partial charge in [-0.2, -0.15) is 0 Å². The van der Waals surface area contributed by atoms with E-state index in [4.69, 9.17) is 5.11 Å². The summed E-state index contributed by atoms with van der Waals surface area (Å²) in [5, 5.41) is 12.0. The van der Waals surface area contributed by atoms with Gasteiger partial charge in [-0.1, -0.05) is 6.07 Å². The minimum Gasteiger partial charge on any atom is -0.478 e. The number of nitrogens with zero attached hydrogens (tertiary/aromatic N) is 1. The highest BCUT2D eigenvalue weighted by Gasteiger charge is 2.11. The van der Waals surface area contributed by atoms with Crippen molar-refractivity contribution in [1.29, 1.82) is 0 Å². The van der Waals surface area contributed by atoms with Gasteiger partial charge in [0.25, 0.3) is 0 Å². The van der Waals surface area contributed by atoms with Gasteiger partial charge in [-0.25, -0.2) is 9.18 Å². The molecule has 2 rings (SSSR count). The molecule has 0 amide bonds. The second kappa shape index (κ2) is 5.48. The maximum absolute atomic E-state index is 13.0. The van der Waals surface area contributed by atoms with Crippen molar-refractivity contribution < 1.29 is 14.3 Å². The number of benzene rings is 1. The van der Waals surface area contributed by atoms with E-state index in [0.29, 0.717) is 12.2 Å². The lowest BCUT2D eigenvalue weighted by atomic mass is 10.1. The predicted molar refractivity (Wildman–Crippen MR) is 69.7 cm³/mol. The van der Waals surface area contributed by atoms with E-state index in [1.165, 1.54) is 12.1 Å². The smallest absolute Gasteiger partial charge is 0.337 e. The number of pyridine rings is 1. The summed E-state index contributed by atoms with van der Waals surface area (Å²) in [5.41, 5.74) is 2.12. The number of aromatic carboxylic acids is 1. The van der Waals surface area contributed by atoms with Gasteiger partial charge in [-0.05, 0) is 36.8 Å². The third kappa shape index (κ3) is 3.07. The molecule has 1 aromatic carbocycles. The molecular formula is C14H13FN2O2. The Balaban J connectivity index is 2.20. The zero-order chi connectivity index (χ0) is 13.8. The van der Waals surface area contributed by atoms with E-state index in [0.717, 1.165) is 17.3 Å². The topological polar surface area (TPSA) is 62.2 Å². The number of carboxylic acid groups (broad SMARTS) is 1. The number of aromatic nitrogens is 1. The average Bonchev–Trinajstić information content (AvgIpc) is 2.38. The third-order valence-electron chi connectivity index (χ3n) is 2.78. The maximum Gasteiger partial charge on any atom is 0.337 e. The molecule has 0 fully saturated rings. The Bertz CT molecular complexity index is 614. The fourth-order valence-electron chi connectivity index (χ4n) is 1.73. The van der Waals surface area contributed by atoms with Crippen molar-refractivity contribution in [3.05, 3.63) is 59.2 Å². The molecule has 0 saturated carbocycles. The molecule has 98 valence electrons. The van der Waals surface area contributed by atoms with Crippen LogP contribution in [-0.2, 0) is 6.54 Å². The molecule has 0 aliphatic heterocycles. The van der Waals surface area contributed by atoms with Crippen LogP contribution in [0.2, 0.25) is 0 Å². The van der Waals surface area contributed by atoms with Crippen LogP contribution in [0.1, 0.15) is 21.6 Å². The van der Waals surface area contributed by atoms with Crippen molar-refractivity contribution in [1.82, 2.24) is 4.98 Å². The second-order valence-corrected chi connectivity index (χ2v) is 4.12. The summed E-state index contributed by atoms with van der Waals surface area (Å²) in [5.74, 6) is -1.74. The summed E-state index contributed by atoms with van der Waals surface area (Å²) in [6.45, 7) is 2.31. The van der Waals surface area contributed by atoms with Crippen molar-refractivity contribution in [2.45, 2.75) is 13.5 Å². The van der Waals surface area contributed by atoms with Gasteiger partial charge in [0.1, 0.15) is 5.82 Å². The van der Waals surface area contributed by atoms with Crippen molar-refractivity contribution >= 4 is 11.7 Å². The Hall–Kier alpha value is -2.43. The normalized spacial score (nSPS) is 10.2. The SMILES string of the molecule is Cc1cccnc1CNc1ccc(F)cc1C(=O)O. The van der Waals surface area contributed by atoms with Crippen LogP contribution in [0.5, 0.6) is 0 Å². The number of rotatable bonds is 4. The highest BCUT2D eigenvalue weighted by Crippen LogP contribution is 2.18. The summed E-state index contributed by atoms with van der Waals surface area (Å²) in [4.78, 5) is 15.2. The standard InChI is InChI=1S/C14H13FN2O2/c1-9-3-2-6-16-13(9)8-17-12-5-4-10(15)7-11(12)14(18)19/h2-7,17H,8H2,1H3,(H,18,19). The van der Waals surface area contributed by atoms with Crippen molar-refractivity contribution in [2.24, 2.45) is 0 Å². The van der Waals surface area contributed by atoms with Gasteiger partial charge in [-0.15, -0.1) is 0 Å². The molecule has 5 heteroatoms. The van der Waals surface area contributed by atoms with Crippen LogP contribution in [0.25, 0.3) is 0 Å². The van der Waals surface area contributed by atoms with E-state index in [2.05, 4.69) is 10.3 Å². The zero-order valence-corrected chi connectivity index (χ0v) is 10.4. The number of hydrogen-bond acceptors (Lipinski definition) is 3. The molecule has 19 heavy (non-hydrogen) atoms. The highest BCUT2D eigenvalue weighted by atomic mass is 19.1. The molecule has 0 unspecified atom stereocenters. The van der Waals surface area contributed by atoms with Crippen LogP contribution in [-0.4, -0.2) is 16.1 Å². The van der Waals surface area contributed by atoms with Gasteiger partial charge in [-0.3, -0.25) is 4.98 Å². The minimum absolute atomic E-state index is 0.0893. The van der Waals surface area contributed by atoms with E-state index < -0.39 is 11.8 Å². The van der Waals surface area contributed by atoms with Gasteiger partial charge in [0.05, 0.1) is 17.8 Å². The van der Waals surface area contributed by atoms with E-state index in [-0.39, 0.29) is 5.56 Å². The summed E-state index contributed by atoms with van der Waals surface area (Å²) < 4.78 is 13.0. The number of hydrogen-bond donors (Lipinski definition) is 2. The van der Waals surface area contributed by atoms with E-state index in [9.17, 15) is 9.18 Å². The summed E-state index contributed by atoms with van der Waals surface area (Å²) in [6.07, 6.45) is 1.67. The van der Waals surface area contributed by atoms with Gasteiger partial charge in [0.15, 0.2) is 0 Å². The zero-order valence-electron chi connectivity index (χ0n) is 10.4. The van der Waals surface area contributed by atoms with E-state index >= 15 is 0 Å². The number of halogens is 1. The van der Waals surface area contributed by atoms with Gasteiger partial charge in [0, 0.05) is 11.9 Å². The molecule has 0 spiro atoms. The first kappa shape index (κ1) is 13.0. The van der Waals surface area contributed by atoms with Crippen molar-refractivity contribution in [2.75, 3.05) is 5.32 Å². The summed E-state index contributed by atoms with van der Waals surface area (Å²) >= 11 is 0. The highest BCUT2D eigenvalue weighted by molar-refractivity contribution is 5.94. The molecule has 1 heterocycles. The predicted octanol–water partition coefficient (Wildman–Crippen LogP) is 2.84. The number of carbonyl (C=O) groups is 1. The third-order valence-corrected chi connectivity index (χ3v) is 2.78. The first-order chi connectivity index (χ1) is 9.08. The lowest BCUT2D eigenvalue weighted by Crippen LogP contribution is -2.08. The van der Waals surface area contributed by atoms with Gasteiger partial charge in [0.2, 0.25) is 0 Å². The Kier molecular flexibility index (Phi) is 3.75. The van der Waals surface area contributed by atoms with Crippen LogP contribution in [0.4, 0.5) is 10.1 Å².